The first-order valence-corrected chi connectivity index (χ1v) is 7.66. The molecule has 0 aromatic heterocycles. The van der Waals surface area contributed by atoms with Gasteiger partial charge in [0.15, 0.2) is 0 Å². The molecule has 98 valence electrons. The van der Waals surface area contributed by atoms with Crippen molar-refractivity contribution in [2.24, 2.45) is 40.2 Å². The van der Waals surface area contributed by atoms with Gasteiger partial charge in [0.2, 0.25) is 0 Å². The maximum Gasteiger partial charge on any atom is -0.00411 e. The molecule has 4 saturated carbocycles. The van der Waals surface area contributed by atoms with E-state index in [0.717, 1.165) is 30.2 Å². The number of nitrogens with two attached hydrogens (primary N) is 1. The van der Waals surface area contributed by atoms with Gasteiger partial charge in [-0.3, -0.25) is 0 Å². The molecule has 17 heavy (non-hydrogen) atoms. The molecule has 3 unspecified atom stereocenters. The normalized spacial score (nSPS) is 49.9. The predicted octanol–water partition coefficient (Wildman–Crippen LogP) is 3.82. The fraction of sp³-hybridized carbons (Fsp3) is 1.00. The van der Waals surface area contributed by atoms with Gasteiger partial charge in [-0.15, -0.1) is 0 Å². The number of rotatable bonds is 3. The minimum absolute atomic E-state index is 0.627. The summed E-state index contributed by atoms with van der Waals surface area (Å²) in [4.78, 5) is 0. The van der Waals surface area contributed by atoms with E-state index in [0.29, 0.717) is 10.8 Å². The molecule has 3 atom stereocenters. The Balaban J connectivity index is 1.92. The van der Waals surface area contributed by atoms with E-state index < -0.39 is 0 Å². The van der Waals surface area contributed by atoms with Crippen molar-refractivity contribution in [3.63, 3.8) is 0 Å². The largest absolute Gasteiger partial charge is 0.330 e. The van der Waals surface area contributed by atoms with Crippen molar-refractivity contribution in [2.45, 2.75) is 59.3 Å². The first-order chi connectivity index (χ1) is 7.96. The quantitative estimate of drug-likeness (QED) is 0.790. The van der Waals surface area contributed by atoms with Crippen LogP contribution in [0.2, 0.25) is 0 Å². The van der Waals surface area contributed by atoms with E-state index in [9.17, 15) is 0 Å². The molecule has 0 radical (unpaired) electrons. The van der Waals surface area contributed by atoms with Gasteiger partial charge >= 0.3 is 0 Å². The Morgan fingerprint density at radius 2 is 1.71 bits per heavy atom. The third-order valence-electron chi connectivity index (χ3n) is 6.24. The number of hydrogen-bond acceptors (Lipinski definition) is 1. The van der Waals surface area contributed by atoms with E-state index in [2.05, 4.69) is 20.8 Å². The molecular weight excluding hydrogens is 206 g/mol. The monoisotopic (exact) mass is 235 g/mol. The van der Waals surface area contributed by atoms with Gasteiger partial charge < -0.3 is 5.73 Å². The molecule has 1 nitrogen and oxygen atoms in total. The lowest BCUT2D eigenvalue weighted by atomic mass is 9.41. The van der Waals surface area contributed by atoms with Crippen LogP contribution in [0.3, 0.4) is 0 Å². The minimum atomic E-state index is 0.627. The maximum atomic E-state index is 6.14. The van der Waals surface area contributed by atoms with Gasteiger partial charge in [-0.05, 0) is 79.6 Å². The fourth-order valence-electron chi connectivity index (χ4n) is 6.46. The van der Waals surface area contributed by atoms with E-state index in [1.165, 1.54) is 38.5 Å². The summed E-state index contributed by atoms with van der Waals surface area (Å²) < 4.78 is 0. The van der Waals surface area contributed by atoms with Crippen molar-refractivity contribution in [3.05, 3.63) is 0 Å². The maximum absolute atomic E-state index is 6.14. The summed E-state index contributed by atoms with van der Waals surface area (Å²) in [5.41, 5.74) is 7.44. The van der Waals surface area contributed by atoms with Crippen molar-refractivity contribution in [1.82, 2.24) is 0 Å². The van der Waals surface area contributed by atoms with Crippen molar-refractivity contribution < 1.29 is 0 Å². The van der Waals surface area contributed by atoms with Gasteiger partial charge in [0.25, 0.3) is 0 Å². The topological polar surface area (TPSA) is 26.0 Å². The van der Waals surface area contributed by atoms with Crippen LogP contribution in [0.1, 0.15) is 59.3 Å². The summed E-state index contributed by atoms with van der Waals surface area (Å²) in [5.74, 6) is 3.61. The zero-order chi connectivity index (χ0) is 12.3. The van der Waals surface area contributed by atoms with Crippen molar-refractivity contribution in [1.29, 1.82) is 0 Å². The Morgan fingerprint density at radius 1 is 1.12 bits per heavy atom. The third kappa shape index (κ3) is 1.77. The average Bonchev–Trinajstić information content (AvgIpc) is 2.12. The Morgan fingerprint density at radius 3 is 2.12 bits per heavy atom. The Hall–Kier alpha value is -0.0400. The predicted molar refractivity (Wildman–Crippen MR) is 72.6 cm³/mol. The fourth-order valence-corrected chi connectivity index (χ4v) is 6.46. The van der Waals surface area contributed by atoms with Crippen molar-refractivity contribution in [3.8, 4) is 0 Å². The first kappa shape index (κ1) is 12.0. The minimum Gasteiger partial charge on any atom is -0.330 e. The van der Waals surface area contributed by atoms with Gasteiger partial charge in [-0.2, -0.15) is 0 Å². The highest BCUT2D eigenvalue weighted by Gasteiger charge is 2.58. The molecule has 0 amide bonds. The molecule has 1 heteroatoms. The average molecular weight is 235 g/mol. The van der Waals surface area contributed by atoms with Crippen LogP contribution in [-0.2, 0) is 0 Å². The van der Waals surface area contributed by atoms with Crippen LogP contribution in [0.15, 0.2) is 0 Å². The summed E-state index contributed by atoms with van der Waals surface area (Å²) in [5, 5.41) is 0. The van der Waals surface area contributed by atoms with Crippen LogP contribution in [0.25, 0.3) is 0 Å². The second-order valence-electron chi connectivity index (χ2n) is 8.22. The summed E-state index contributed by atoms with van der Waals surface area (Å²) in [6.45, 7) is 8.25. The molecule has 0 aromatic rings. The highest BCUT2D eigenvalue weighted by Crippen LogP contribution is 2.67. The van der Waals surface area contributed by atoms with E-state index in [4.69, 9.17) is 5.73 Å². The van der Waals surface area contributed by atoms with Crippen LogP contribution in [0.4, 0.5) is 0 Å². The van der Waals surface area contributed by atoms with Crippen LogP contribution in [0.5, 0.6) is 0 Å². The summed E-state index contributed by atoms with van der Waals surface area (Å²) >= 11 is 0. The SMILES string of the molecule is CC(C)C(CN)C12CC3CC(CC(C)(C3)C1)C2. The molecule has 0 heterocycles. The lowest BCUT2D eigenvalue weighted by molar-refractivity contribution is -0.135. The van der Waals surface area contributed by atoms with Crippen LogP contribution in [0, 0.1) is 34.5 Å². The zero-order valence-corrected chi connectivity index (χ0v) is 11.8. The van der Waals surface area contributed by atoms with Gasteiger partial charge in [-0.25, -0.2) is 0 Å². The van der Waals surface area contributed by atoms with E-state index in [1.54, 1.807) is 0 Å². The molecule has 0 spiro atoms. The van der Waals surface area contributed by atoms with E-state index in [1.807, 2.05) is 0 Å². The molecule has 4 aliphatic rings. The number of hydrogen-bond donors (Lipinski definition) is 1. The zero-order valence-electron chi connectivity index (χ0n) is 11.8. The summed E-state index contributed by atoms with van der Waals surface area (Å²) in [6.07, 6.45) is 9.04. The standard InChI is InChI=1S/C16H29N/c1-11(2)14(9-17)16-7-12-4-13(8-16)6-15(3,5-12)10-16/h11-14H,4-10,17H2,1-3H3. The van der Waals surface area contributed by atoms with Crippen LogP contribution in [-0.4, -0.2) is 6.54 Å². The molecule has 4 bridgehead atoms. The first-order valence-electron chi connectivity index (χ1n) is 7.66. The summed E-state index contributed by atoms with van der Waals surface area (Å²) in [7, 11) is 0. The molecule has 2 N–H and O–H groups in total. The smallest absolute Gasteiger partial charge is 0.00411 e. The van der Waals surface area contributed by atoms with Gasteiger partial charge in [0.1, 0.15) is 0 Å². The molecule has 0 aliphatic heterocycles. The van der Waals surface area contributed by atoms with E-state index in [-0.39, 0.29) is 0 Å². The second kappa shape index (κ2) is 3.73. The van der Waals surface area contributed by atoms with Gasteiger partial charge in [0.05, 0.1) is 0 Å². The Kier molecular flexibility index (Phi) is 2.63. The van der Waals surface area contributed by atoms with Crippen molar-refractivity contribution >= 4 is 0 Å². The lowest BCUT2D eigenvalue weighted by Crippen LogP contribution is -2.55. The van der Waals surface area contributed by atoms with Crippen molar-refractivity contribution in [2.75, 3.05) is 6.54 Å². The van der Waals surface area contributed by atoms with Gasteiger partial charge in [0, 0.05) is 0 Å². The van der Waals surface area contributed by atoms with E-state index >= 15 is 0 Å². The third-order valence-corrected chi connectivity index (χ3v) is 6.24. The molecule has 4 aliphatic carbocycles. The summed E-state index contributed by atoms with van der Waals surface area (Å²) in [6, 6.07) is 0. The molecule has 4 fully saturated rings. The highest BCUT2D eigenvalue weighted by atomic mass is 14.7. The molecule has 0 saturated heterocycles. The van der Waals surface area contributed by atoms with Crippen LogP contribution >= 0.6 is 0 Å². The molecule has 0 aromatic carbocycles. The second-order valence-corrected chi connectivity index (χ2v) is 8.22. The van der Waals surface area contributed by atoms with Crippen LogP contribution < -0.4 is 5.73 Å². The molecule has 4 rings (SSSR count). The lowest BCUT2D eigenvalue weighted by Gasteiger charge is -2.64. The molecular formula is C16H29N. The Bertz CT molecular complexity index is 293. The van der Waals surface area contributed by atoms with Gasteiger partial charge in [-0.1, -0.05) is 20.8 Å². The highest BCUT2D eigenvalue weighted by molar-refractivity contribution is 5.08. The Labute approximate surface area is 107 Å².